The Morgan fingerprint density at radius 2 is 1.90 bits per heavy atom. The SMILES string of the molecule is C#C.C/C=C\OC.C=CC(=C)C(CC)Nc1ccccc1. The molecular formula is C19H27NO. The minimum atomic E-state index is 0.287. The summed E-state index contributed by atoms with van der Waals surface area (Å²) in [6.45, 7) is 11.7. The summed E-state index contributed by atoms with van der Waals surface area (Å²) in [7, 11) is 1.62. The first-order valence-corrected chi connectivity index (χ1v) is 6.79. The molecule has 0 aliphatic heterocycles. The first-order chi connectivity index (χ1) is 10.2. The van der Waals surface area contributed by atoms with Gasteiger partial charge in [-0.05, 0) is 31.1 Å². The van der Waals surface area contributed by atoms with E-state index in [1.165, 1.54) is 0 Å². The number of hydrogen-bond acceptors (Lipinski definition) is 2. The number of anilines is 1. The largest absolute Gasteiger partial charge is 0.505 e. The Hall–Kier alpha value is -2.40. The van der Waals surface area contributed by atoms with Gasteiger partial charge in [-0.2, -0.15) is 0 Å². The van der Waals surface area contributed by atoms with Gasteiger partial charge in [0, 0.05) is 5.69 Å². The van der Waals surface area contributed by atoms with E-state index in [2.05, 4.69) is 55.1 Å². The lowest BCUT2D eigenvalue weighted by Gasteiger charge is -2.18. The number of nitrogens with one attached hydrogen (secondary N) is 1. The highest BCUT2D eigenvalue weighted by molar-refractivity contribution is 5.46. The number of hydrogen-bond donors (Lipinski definition) is 1. The van der Waals surface area contributed by atoms with Crippen molar-refractivity contribution in [2.75, 3.05) is 12.4 Å². The third-order valence-electron chi connectivity index (χ3n) is 2.50. The zero-order valence-corrected chi connectivity index (χ0v) is 13.4. The van der Waals surface area contributed by atoms with Crippen molar-refractivity contribution < 1.29 is 4.74 Å². The van der Waals surface area contributed by atoms with Gasteiger partial charge in [0.05, 0.1) is 19.4 Å². The van der Waals surface area contributed by atoms with Crippen molar-refractivity contribution in [3.8, 4) is 12.8 Å². The van der Waals surface area contributed by atoms with Gasteiger partial charge in [0.15, 0.2) is 0 Å². The van der Waals surface area contributed by atoms with E-state index < -0.39 is 0 Å². The zero-order chi connectivity index (χ0) is 16.5. The van der Waals surface area contributed by atoms with Gasteiger partial charge in [-0.1, -0.05) is 50.4 Å². The predicted octanol–water partition coefficient (Wildman–Crippen LogP) is 5.04. The van der Waals surface area contributed by atoms with E-state index in [1.54, 1.807) is 13.4 Å². The van der Waals surface area contributed by atoms with Crippen LogP contribution in [0.5, 0.6) is 0 Å². The van der Waals surface area contributed by atoms with Crippen LogP contribution in [-0.4, -0.2) is 13.2 Å². The summed E-state index contributed by atoms with van der Waals surface area (Å²) in [6, 6.07) is 10.4. The lowest BCUT2D eigenvalue weighted by Crippen LogP contribution is -2.19. The second kappa shape index (κ2) is 15.7. The van der Waals surface area contributed by atoms with Gasteiger partial charge >= 0.3 is 0 Å². The molecule has 21 heavy (non-hydrogen) atoms. The summed E-state index contributed by atoms with van der Waals surface area (Å²) in [4.78, 5) is 0. The highest BCUT2D eigenvalue weighted by Crippen LogP contribution is 2.13. The van der Waals surface area contributed by atoms with Crippen molar-refractivity contribution in [2.45, 2.75) is 26.3 Å². The third-order valence-corrected chi connectivity index (χ3v) is 2.50. The van der Waals surface area contributed by atoms with Gasteiger partial charge in [0.25, 0.3) is 0 Å². The molecule has 0 radical (unpaired) electrons. The summed E-state index contributed by atoms with van der Waals surface area (Å²) in [5.74, 6) is 0. The Bertz CT molecular complexity index is 418. The van der Waals surface area contributed by atoms with Crippen LogP contribution >= 0.6 is 0 Å². The van der Waals surface area contributed by atoms with Crippen LogP contribution in [-0.2, 0) is 4.74 Å². The van der Waals surface area contributed by atoms with Gasteiger partial charge in [-0.3, -0.25) is 0 Å². The first kappa shape index (κ1) is 20.9. The molecule has 0 amide bonds. The van der Waals surface area contributed by atoms with Crippen molar-refractivity contribution in [1.29, 1.82) is 0 Å². The Morgan fingerprint density at radius 3 is 2.24 bits per heavy atom. The first-order valence-electron chi connectivity index (χ1n) is 6.79. The molecule has 0 fully saturated rings. The summed E-state index contributed by atoms with van der Waals surface area (Å²) in [5.41, 5.74) is 2.17. The highest BCUT2D eigenvalue weighted by Gasteiger charge is 2.06. The molecule has 1 atom stereocenters. The second-order valence-corrected chi connectivity index (χ2v) is 3.96. The van der Waals surface area contributed by atoms with Gasteiger partial charge in [0.2, 0.25) is 0 Å². The number of benzene rings is 1. The fourth-order valence-electron chi connectivity index (χ4n) is 1.47. The van der Waals surface area contributed by atoms with Crippen molar-refractivity contribution in [2.24, 2.45) is 0 Å². The molecule has 0 saturated heterocycles. The van der Waals surface area contributed by atoms with E-state index >= 15 is 0 Å². The highest BCUT2D eigenvalue weighted by atomic mass is 16.5. The predicted molar refractivity (Wildman–Crippen MR) is 95.2 cm³/mol. The Balaban J connectivity index is 0. The molecule has 1 N–H and O–H groups in total. The Labute approximate surface area is 130 Å². The molecule has 0 bridgehead atoms. The lowest BCUT2D eigenvalue weighted by atomic mass is 10.1. The van der Waals surface area contributed by atoms with Gasteiger partial charge in [-0.25, -0.2) is 0 Å². The van der Waals surface area contributed by atoms with E-state index in [-0.39, 0.29) is 6.04 Å². The number of ether oxygens (including phenoxy) is 1. The van der Waals surface area contributed by atoms with Crippen molar-refractivity contribution in [3.05, 3.63) is 67.5 Å². The standard InChI is InChI=1S/C13H17N.C4H8O.C2H2/c1-4-11(3)13(5-2)14-12-9-7-6-8-10-12;1-3-4-5-2;1-2/h4,6-10,13-14H,1,3,5H2,2H3;3-4H,1-2H3;1-2H/b;4-3-;. The zero-order valence-electron chi connectivity index (χ0n) is 13.4. The fourth-order valence-corrected chi connectivity index (χ4v) is 1.47. The summed E-state index contributed by atoms with van der Waals surface area (Å²) >= 11 is 0. The number of methoxy groups -OCH3 is 1. The number of terminal acetylenes is 1. The van der Waals surface area contributed by atoms with Crippen LogP contribution in [0.2, 0.25) is 0 Å². The maximum Gasteiger partial charge on any atom is 0.0781 e. The van der Waals surface area contributed by atoms with Crippen molar-refractivity contribution in [3.63, 3.8) is 0 Å². The maximum absolute atomic E-state index is 4.51. The van der Waals surface area contributed by atoms with Gasteiger partial charge < -0.3 is 10.1 Å². The summed E-state index contributed by atoms with van der Waals surface area (Å²) in [5, 5.41) is 3.41. The minimum absolute atomic E-state index is 0.287. The van der Waals surface area contributed by atoms with Gasteiger partial charge in [-0.15, -0.1) is 12.8 Å². The normalized spacial score (nSPS) is 10.1. The smallest absolute Gasteiger partial charge is 0.0781 e. The Morgan fingerprint density at radius 1 is 1.33 bits per heavy atom. The molecule has 0 heterocycles. The topological polar surface area (TPSA) is 21.3 Å². The van der Waals surface area contributed by atoms with Crippen LogP contribution in [0.4, 0.5) is 5.69 Å². The number of para-hydroxylation sites is 1. The van der Waals surface area contributed by atoms with Crippen molar-refractivity contribution >= 4 is 5.69 Å². The minimum Gasteiger partial charge on any atom is -0.505 e. The molecule has 114 valence electrons. The molecular weight excluding hydrogens is 258 g/mol. The third kappa shape index (κ3) is 11.1. The lowest BCUT2D eigenvalue weighted by molar-refractivity contribution is 0.337. The average Bonchev–Trinajstić information content (AvgIpc) is 2.56. The van der Waals surface area contributed by atoms with Crippen molar-refractivity contribution in [1.82, 2.24) is 0 Å². The molecule has 0 saturated carbocycles. The molecule has 1 aromatic rings. The molecule has 0 aliphatic carbocycles. The monoisotopic (exact) mass is 285 g/mol. The average molecular weight is 285 g/mol. The quantitative estimate of drug-likeness (QED) is 0.449. The van der Waals surface area contributed by atoms with Crippen LogP contribution in [0.3, 0.4) is 0 Å². The van der Waals surface area contributed by atoms with Crippen LogP contribution in [0.1, 0.15) is 20.3 Å². The number of allylic oxidation sites excluding steroid dienone is 1. The molecule has 0 spiro atoms. The maximum atomic E-state index is 4.51. The van der Waals surface area contributed by atoms with E-state index in [9.17, 15) is 0 Å². The van der Waals surface area contributed by atoms with Crippen LogP contribution in [0.15, 0.2) is 67.5 Å². The molecule has 1 rings (SSSR count). The molecule has 0 aromatic heterocycles. The van der Waals surface area contributed by atoms with E-state index in [0.29, 0.717) is 0 Å². The summed E-state index contributed by atoms with van der Waals surface area (Å²) < 4.78 is 4.51. The second-order valence-electron chi connectivity index (χ2n) is 3.96. The summed E-state index contributed by atoms with van der Waals surface area (Å²) in [6.07, 6.45) is 14.3. The molecule has 2 nitrogen and oxygen atoms in total. The van der Waals surface area contributed by atoms with Crippen LogP contribution < -0.4 is 5.32 Å². The molecule has 1 unspecified atom stereocenters. The molecule has 1 aromatic carbocycles. The van der Waals surface area contributed by atoms with E-state index in [1.807, 2.05) is 37.3 Å². The molecule has 0 aliphatic rings. The van der Waals surface area contributed by atoms with Crippen LogP contribution in [0, 0.1) is 12.8 Å². The van der Waals surface area contributed by atoms with E-state index in [4.69, 9.17) is 0 Å². The Kier molecular flexibility index (Phi) is 15.6. The fraction of sp³-hybridized carbons (Fsp3) is 0.263. The van der Waals surface area contributed by atoms with Gasteiger partial charge in [0.1, 0.15) is 0 Å². The number of rotatable bonds is 6. The van der Waals surface area contributed by atoms with E-state index in [0.717, 1.165) is 17.7 Å². The molecule has 2 heteroatoms. The van der Waals surface area contributed by atoms with Crippen LogP contribution in [0.25, 0.3) is 0 Å².